The second-order valence-electron chi connectivity index (χ2n) is 5.19. The third-order valence-corrected chi connectivity index (χ3v) is 3.70. The summed E-state index contributed by atoms with van der Waals surface area (Å²) in [5.74, 6) is 0. The Hall–Kier alpha value is -0.930. The zero-order valence-corrected chi connectivity index (χ0v) is 12.6. The van der Waals surface area contributed by atoms with E-state index in [4.69, 9.17) is 4.74 Å². The lowest BCUT2D eigenvalue weighted by Crippen LogP contribution is -2.39. The highest BCUT2D eigenvalue weighted by Gasteiger charge is 2.29. The van der Waals surface area contributed by atoms with E-state index in [9.17, 15) is 0 Å². The lowest BCUT2D eigenvalue weighted by molar-refractivity contribution is 0.194. The largest absolute Gasteiger partial charge is 0.383 e. The minimum atomic E-state index is 0.236. The Bertz CT molecular complexity index is 321. The van der Waals surface area contributed by atoms with Crippen molar-refractivity contribution in [3.63, 3.8) is 0 Å². The van der Waals surface area contributed by atoms with Crippen LogP contribution in [0.15, 0.2) is 24.5 Å². The molecule has 0 amide bonds. The first-order chi connectivity index (χ1) is 9.29. The third kappa shape index (κ3) is 4.92. The zero-order chi connectivity index (χ0) is 14.0. The van der Waals surface area contributed by atoms with Gasteiger partial charge in [-0.1, -0.05) is 26.7 Å². The van der Waals surface area contributed by atoms with Crippen LogP contribution in [-0.4, -0.2) is 31.8 Å². The van der Waals surface area contributed by atoms with Gasteiger partial charge in [0.15, 0.2) is 0 Å². The smallest absolute Gasteiger partial charge is 0.0587 e. The maximum absolute atomic E-state index is 5.11. The van der Waals surface area contributed by atoms with Crippen molar-refractivity contribution in [2.75, 3.05) is 26.8 Å². The monoisotopic (exact) mass is 264 g/mol. The van der Waals surface area contributed by atoms with E-state index < -0.39 is 0 Å². The summed E-state index contributed by atoms with van der Waals surface area (Å²) >= 11 is 0. The number of nitrogens with one attached hydrogen (secondary N) is 1. The number of pyridine rings is 1. The van der Waals surface area contributed by atoms with Crippen LogP contribution >= 0.6 is 0 Å². The van der Waals surface area contributed by atoms with E-state index in [2.05, 4.69) is 36.3 Å². The maximum Gasteiger partial charge on any atom is 0.0587 e. The number of aromatic nitrogens is 1. The minimum Gasteiger partial charge on any atom is -0.383 e. The molecule has 19 heavy (non-hydrogen) atoms. The van der Waals surface area contributed by atoms with Crippen molar-refractivity contribution in [1.82, 2.24) is 10.3 Å². The van der Waals surface area contributed by atoms with Crippen LogP contribution in [0.1, 0.15) is 45.1 Å². The number of methoxy groups -OCH3 is 1. The quantitative estimate of drug-likeness (QED) is 0.659. The highest BCUT2D eigenvalue weighted by molar-refractivity contribution is 5.23. The predicted octanol–water partition coefficient (Wildman–Crippen LogP) is 3.16. The molecule has 108 valence electrons. The first-order valence-corrected chi connectivity index (χ1v) is 7.39. The van der Waals surface area contributed by atoms with Gasteiger partial charge in [0.05, 0.1) is 6.61 Å². The van der Waals surface area contributed by atoms with Gasteiger partial charge in [0, 0.05) is 38.0 Å². The van der Waals surface area contributed by atoms with E-state index in [-0.39, 0.29) is 5.41 Å². The van der Waals surface area contributed by atoms with E-state index in [0.29, 0.717) is 0 Å². The second-order valence-corrected chi connectivity index (χ2v) is 5.19. The van der Waals surface area contributed by atoms with Gasteiger partial charge < -0.3 is 10.1 Å². The topological polar surface area (TPSA) is 34.1 Å². The molecule has 3 heteroatoms. The lowest BCUT2D eigenvalue weighted by Gasteiger charge is -2.34. The molecule has 0 saturated heterocycles. The third-order valence-electron chi connectivity index (χ3n) is 3.70. The van der Waals surface area contributed by atoms with Crippen molar-refractivity contribution in [2.45, 2.75) is 44.9 Å². The maximum atomic E-state index is 5.11. The van der Waals surface area contributed by atoms with Gasteiger partial charge in [0.1, 0.15) is 0 Å². The second kappa shape index (κ2) is 9.05. The first-order valence-electron chi connectivity index (χ1n) is 7.39. The van der Waals surface area contributed by atoms with Crippen LogP contribution in [0, 0.1) is 0 Å². The van der Waals surface area contributed by atoms with Crippen molar-refractivity contribution >= 4 is 0 Å². The molecule has 1 aromatic heterocycles. The van der Waals surface area contributed by atoms with Gasteiger partial charge in [0.2, 0.25) is 0 Å². The molecule has 0 spiro atoms. The van der Waals surface area contributed by atoms with Crippen LogP contribution in [-0.2, 0) is 10.2 Å². The van der Waals surface area contributed by atoms with E-state index in [1.165, 1.54) is 31.2 Å². The SMILES string of the molecule is CCCC(CCC)(CNCCOC)c1ccncc1. The average molecular weight is 264 g/mol. The van der Waals surface area contributed by atoms with E-state index in [1.54, 1.807) is 7.11 Å². The molecule has 0 radical (unpaired) electrons. The Morgan fingerprint density at radius 2 is 1.79 bits per heavy atom. The van der Waals surface area contributed by atoms with Crippen molar-refractivity contribution in [2.24, 2.45) is 0 Å². The van der Waals surface area contributed by atoms with Gasteiger partial charge in [-0.25, -0.2) is 0 Å². The van der Waals surface area contributed by atoms with Crippen molar-refractivity contribution < 1.29 is 4.74 Å². The van der Waals surface area contributed by atoms with Crippen molar-refractivity contribution in [3.05, 3.63) is 30.1 Å². The molecule has 0 aliphatic heterocycles. The summed E-state index contributed by atoms with van der Waals surface area (Å²) in [6.07, 6.45) is 8.65. The fourth-order valence-electron chi connectivity index (χ4n) is 2.86. The van der Waals surface area contributed by atoms with Crippen LogP contribution in [0.3, 0.4) is 0 Å². The van der Waals surface area contributed by atoms with Crippen LogP contribution in [0.5, 0.6) is 0 Å². The summed E-state index contributed by atoms with van der Waals surface area (Å²) in [7, 11) is 1.75. The first kappa shape index (κ1) is 16.1. The van der Waals surface area contributed by atoms with Crippen LogP contribution in [0.25, 0.3) is 0 Å². The molecule has 1 heterocycles. The Balaban J connectivity index is 2.81. The summed E-state index contributed by atoms with van der Waals surface area (Å²) in [6.45, 7) is 7.23. The van der Waals surface area contributed by atoms with Gasteiger partial charge in [-0.2, -0.15) is 0 Å². The molecule has 1 N–H and O–H groups in total. The fraction of sp³-hybridized carbons (Fsp3) is 0.688. The highest BCUT2D eigenvalue weighted by Crippen LogP contribution is 2.33. The Morgan fingerprint density at radius 1 is 1.16 bits per heavy atom. The summed E-state index contributed by atoms with van der Waals surface area (Å²) in [4.78, 5) is 4.15. The van der Waals surface area contributed by atoms with Crippen LogP contribution < -0.4 is 5.32 Å². The predicted molar refractivity (Wildman–Crippen MR) is 80.5 cm³/mol. The van der Waals surface area contributed by atoms with E-state index in [1.807, 2.05) is 12.4 Å². The summed E-state index contributed by atoms with van der Waals surface area (Å²) < 4.78 is 5.11. The van der Waals surface area contributed by atoms with Gasteiger partial charge in [-0.05, 0) is 30.5 Å². The minimum absolute atomic E-state index is 0.236. The van der Waals surface area contributed by atoms with Gasteiger partial charge >= 0.3 is 0 Å². The Kier molecular flexibility index (Phi) is 7.68. The molecule has 0 aliphatic rings. The summed E-state index contributed by atoms with van der Waals surface area (Å²) in [5, 5.41) is 3.55. The van der Waals surface area contributed by atoms with Crippen molar-refractivity contribution in [1.29, 1.82) is 0 Å². The number of nitrogens with zero attached hydrogens (tertiary/aromatic N) is 1. The van der Waals surface area contributed by atoms with Gasteiger partial charge in [-0.15, -0.1) is 0 Å². The van der Waals surface area contributed by atoms with E-state index >= 15 is 0 Å². The fourth-order valence-corrected chi connectivity index (χ4v) is 2.86. The normalized spacial score (nSPS) is 11.7. The zero-order valence-electron chi connectivity index (χ0n) is 12.6. The number of hydrogen-bond acceptors (Lipinski definition) is 3. The molecule has 0 saturated carbocycles. The molecular formula is C16H28N2O. The molecule has 0 atom stereocenters. The lowest BCUT2D eigenvalue weighted by atomic mass is 9.73. The van der Waals surface area contributed by atoms with Crippen molar-refractivity contribution in [3.8, 4) is 0 Å². The standard InChI is InChI=1S/C16H28N2O/c1-4-8-16(9-5-2,14-18-12-13-19-3)15-6-10-17-11-7-15/h6-7,10-11,18H,4-5,8-9,12-14H2,1-3H3. The average Bonchev–Trinajstić information content (AvgIpc) is 2.45. The molecule has 0 aliphatic carbocycles. The molecule has 0 bridgehead atoms. The summed E-state index contributed by atoms with van der Waals surface area (Å²) in [6, 6.07) is 4.34. The van der Waals surface area contributed by atoms with Crippen LogP contribution in [0.2, 0.25) is 0 Å². The molecule has 1 rings (SSSR count). The molecule has 3 nitrogen and oxygen atoms in total. The highest BCUT2D eigenvalue weighted by atomic mass is 16.5. The summed E-state index contributed by atoms with van der Waals surface area (Å²) in [5.41, 5.74) is 1.65. The Morgan fingerprint density at radius 3 is 2.32 bits per heavy atom. The van der Waals surface area contributed by atoms with E-state index in [0.717, 1.165) is 19.7 Å². The number of rotatable bonds is 10. The number of ether oxygens (including phenoxy) is 1. The molecule has 0 unspecified atom stereocenters. The Labute approximate surface area is 117 Å². The number of hydrogen-bond donors (Lipinski definition) is 1. The van der Waals surface area contributed by atoms with Gasteiger partial charge in [0.25, 0.3) is 0 Å². The molecular weight excluding hydrogens is 236 g/mol. The van der Waals surface area contributed by atoms with Crippen LogP contribution in [0.4, 0.5) is 0 Å². The molecule has 0 aromatic carbocycles. The van der Waals surface area contributed by atoms with Gasteiger partial charge in [-0.3, -0.25) is 4.98 Å². The molecule has 1 aromatic rings. The molecule has 0 fully saturated rings.